The Morgan fingerprint density at radius 2 is 2.13 bits per heavy atom. The summed E-state index contributed by atoms with van der Waals surface area (Å²) >= 11 is 4.95. The summed E-state index contributed by atoms with van der Waals surface area (Å²) in [5.74, 6) is -0.221. The van der Waals surface area contributed by atoms with E-state index in [0.717, 1.165) is 48.6 Å². The van der Waals surface area contributed by atoms with E-state index in [4.69, 9.17) is 17.0 Å². The first-order valence-electron chi connectivity index (χ1n) is 7.34. The molecule has 4 heterocycles. The molecule has 2 aliphatic heterocycles. The van der Waals surface area contributed by atoms with Crippen LogP contribution in [0.5, 0.6) is 0 Å². The van der Waals surface area contributed by atoms with Gasteiger partial charge in [0.15, 0.2) is 5.11 Å². The number of aromatic nitrogens is 2. The van der Waals surface area contributed by atoms with Crippen LogP contribution in [0, 0.1) is 0 Å². The van der Waals surface area contributed by atoms with Crippen LogP contribution in [0.2, 0.25) is 0 Å². The third-order valence-electron chi connectivity index (χ3n) is 3.94. The lowest BCUT2D eigenvalue weighted by Gasteiger charge is -2.28. The number of H-pyrrole nitrogens is 1. The van der Waals surface area contributed by atoms with Gasteiger partial charge in [-0.2, -0.15) is 0 Å². The highest BCUT2D eigenvalue weighted by atomic mass is 32.1. The average molecular weight is 329 g/mol. The number of nitrogens with one attached hydrogen (secondary N) is 3. The highest BCUT2D eigenvalue weighted by Gasteiger charge is 2.21. The molecule has 0 unspecified atom stereocenters. The molecule has 23 heavy (non-hydrogen) atoms. The van der Waals surface area contributed by atoms with E-state index in [2.05, 4.69) is 31.6 Å². The molecule has 0 spiro atoms. The summed E-state index contributed by atoms with van der Waals surface area (Å²) in [6.45, 7) is 3.16. The topological polar surface area (TPSA) is 82.3 Å². The molecule has 4 rings (SSSR count). The standard InChI is InChI=1S/C15H15N5O2S/c21-14-12(18-15(23)19-14)5-9-7-16-13-11(9)6-10(8-17-13)20-1-3-22-4-2-20/h5-8H,1-4H2,(H,16,17)(H2,18,19,21,23). The van der Waals surface area contributed by atoms with Crippen LogP contribution in [-0.4, -0.2) is 47.3 Å². The van der Waals surface area contributed by atoms with Crippen molar-refractivity contribution < 1.29 is 9.53 Å². The van der Waals surface area contributed by atoms with E-state index in [0.29, 0.717) is 10.8 Å². The molecule has 118 valence electrons. The first kappa shape index (κ1) is 14.2. The van der Waals surface area contributed by atoms with Gasteiger partial charge in [-0.05, 0) is 24.4 Å². The van der Waals surface area contributed by atoms with Crippen molar-refractivity contribution in [1.29, 1.82) is 0 Å². The normalized spacial score (nSPS) is 20.2. The lowest BCUT2D eigenvalue weighted by atomic mass is 10.1. The first-order chi connectivity index (χ1) is 11.2. The van der Waals surface area contributed by atoms with E-state index >= 15 is 0 Å². The van der Waals surface area contributed by atoms with Crippen molar-refractivity contribution in [2.45, 2.75) is 0 Å². The third kappa shape index (κ3) is 2.66. The zero-order chi connectivity index (χ0) is 15.8. The second-order valence-corrected chi connectivity index (χ2v) is 5.81. The molecule has 2 aromatic heterocycles. The van der Waals surface area contributed by atoms with Crippen LogP contribution < -0.4 is 15.5 Å². The van der Waals surface area contributed by atoms with Gasteiger partial charge in [0.1, 0.15) is 11.3 Å². The second kappa shape index (κ2) is 5.64. The number of nitrogens with zero attached hydrogens (tertiary/aromatic N) is 2. The number of aromatic amines is 1. The summed E-state index contributed by atoms with van der Waals surface area (Å²) in [6.07, 6.45) is 5.47. The number of morpholine rings is 1. The molecule has 0 radical (unpaired) electrons. The molecule has 3 N–H and O–H groups in total. The minimum absolute atomic E-state index is 0.221. The Bertz CT molecular complexity index is 822. The second-order valence-electron chi connectivity index (χ2n) is 5.40. The van der Waals surface area contributed by atoms with Gasteiger partial charge in [0.05, 0.1) is 25.1 Å². The van der Waals surface area contributed by atoms with Gasteiger partial charge in [-0.3, -0.25) is 10.1 Å². The zero-order valence-electron chi connectivity index (χ0n) is 12.3. The fourth-order valence-electron chi connectivity index (χ4n) is 2.76. The van der Waals surface area contributed by atoms with Crippen molar-refractivity contribution in [1.82, 2.24) is 20.6 Å². The van der Waals surface area contributed by atoms with Gasteiger partial charge in [0.25, 0.3) is 5.91 Å². The van der Waals surface area contributed by atoms with E-state index in [1.54, 1.807) is 6.08 Å². The summed E-state index contributed by atoms with van der Waals surface area (Å²) in [7, 11) is 0. The van der Waals surface area contributed by atoms with Crippen molar-refractivity contribution in [3.63, 3.8) is 0 Å². The molecular weight excluding hydrogens is 314 g/mol. The zero-order valence-corrected chi connectivity index (χ0v) is 13.1. The average Bonchev–Trinajstić information content (AvgIpc) is 3.11. The predicted octanol–water partition coefficient (Wildman–Crippen LogP) is 0.745. The maximum Gasteiger partial charge on any atom is 0.273 e. The van der Waals surface area contributed by atoms with Crippen LogP contribution in [-0.2, 0) is 9.53 Å². The fraction of sp³-hybridized carbons (Fsp3) is 0.267. The number of hydrogen-bond acceptors (Lipinski definition) is 5. The van der Waals surface area contributed by atoms with Crippen molar-refractivity contribution in [2.24, 2.45) is 0 Å². The molecule has 0 aliphatic carbocycles. The van der Waals surface area contributed by atoms with E-state index in [1.165, 1.54) is 0 Å². The van der Waals surface area contributed by atoms with E-state index in [9.17, 15) is 4.79 Å². The van der Waals surface area contributed by atoms with Gasteiger partial charge in [0, 0.05) is 30.2 Å². The smallest absolute Gasteiger partial charge is 0.273 e. The molecule has 8 heteroatoms. The molecular formula is C15H15N5O2S. The molecule has 0 atom stereocenters. The number of rotatable bonds is 2. The van der Waals surface area contributed by atoms with E-state index in [1.807, 2.05) is 12.4 Å². The summed E-state index contributed by atoms with van der Waals surface area (Å²) in [5.41, 5.74) is 3.17. The van der Waals surface area contributed by atoms with Crippen LogP contribution in [0.1, 0.15) is 5.56 Å². The van der Waals surface area contributed by atoms with Crippen LogP contribution in [0.4, 0.5) is 5.69 Å². The number of ether oxygens (including phenoxy) is 1. The minimum Gasteiger partial charge on any atom is -0.378 e. The lowest BCUT2D eigenvalue weighted by Crippen LogP contribution is -2.36. The Hall–Kier alpha value is -2.45. The SMILES string of the molecule is O=C1NC(=S)NC1=Cc1c[nH]c2ncc(N3CCOCC3)cc12. The van der Waals surface area contributed by atoms with Gasteiger partial charge < -0.3 is 19.9 Å². The molecule has 2 aliphatic rings. The molecule has 0 bridgehead atoms. The third-order valence-corrected chi connectivity index (χ3v) is 4.15. The van der Waals surface area contributed by atoms with Gasteiger partial charge in [-0.25, -0.2) is 4.98 Å². The summed E-state index contributed by atoms with van der Waals surface area (Å²) < 4.78 is 5.39. The molecule has 0 saturated carbocycles. The quantitative estimate of drug-likeness (QED) is 0.557. The fourth-order valence-corrected chi connectivity index (χ4v) is 2.97. The van der Waals surface area contributed by atoms with Crippen molar-refractivity contribution in [3.05, 3.63) is 29.7 Å². The summed E-state index contributed by atoms with van der Waals surface area (Å²) in [6, 6.07) is 2.09. The summed E-state index contributed by atoms with van der Waals surface area (Å²) in [5, 5.41) is 6.70. The molecule has 2 fully saturated rings. The predicted molar refractivity (Wildman–Crippen MR) is 91.0 cm³/mol. The number of thiocarbonyl (C=S) groups is 1. The van der Waals surface area contributed by atoms with Crippen LogP contribution >= 0.6 is 12.2 Å². The van der Waals surface area contributed by atoms with Crippen LogP contribution in [0.15, 0.2) is 24.2 Å². The minimum atomic E-state index is -0.221. The molecule has 2 aromatic rings. The van der Waals surface area contributed by atoms with Crippen LogP contribution in [0.3, 0.4) is 0 Å². The number of carbonyl (C=O) groups excluding carboxylic acids is 1. The Labute approximate surface area is 137 Å². The first-order valence-corrected chi connectivity index (χ1v) is 7.75. The number of carbonyl (C=O) groups is 1. The van der Waals surface area contributed by atoms with Crippen molar-refractivity contribution in [3.8, 4) is 0 Å². The number of hydrogen-bond donors (Lipinski definition) is 3. The summed E-state index contributed by atoms with van der Waals surface area (Å²) in [4.78, 5) is 21.6. The molecule has 0 aromatic carbocycles. The van der Waals surface area contributed by atoms with Crippen molar-refractivity contribution in [2.75, 3.05) is 31.2 Å². The largest absolute Gasteiger partial charge is 0.378 e. The maximum atomic E-state index is 11.8. The van der Waals surface area contributed by atoms with Gasteiger partial charge >= 0.3 is 0 Å². The van der Waals surface area contributed by atoms with Gasteiger partial charge in [-0.15, -0.1) is 0 Å². The van der Waals surface area contributed by atoms with E-state index < -0.39 is 0 Å². The number of pyridine rings is 1. The number of fused-ring (bicyclic) bond motifs is 1. The van der Waals surface area contributed by atoms with E-state index in [-0.39, 0.29) is 5.91 Å². The number of anilines is 1. The maximum absolute atomic E-state index is 11.8. The number of amides is 1. The van der Waals surface area contributed by atoms with Crippen LogP contribution in [0.25, 0.3) is 17.1 Å². The molecule has 7 nitrogen and oxygen atoms in total. The Kier molecular flexibility index (Phi) is 3.47. The monoisotopic (exact) mass is 329 g/mol. The van der Waals surface area contributed by atoms with Crippen molar-refractivity contribution >= 4 is 46.0 Å². The highest BCUT2D eigenvalue weighted by Crippen LogP contribution is 2.25. The lowest BCUT2D eigenvalue weighted by molar-refractivity contribution is -0.115. The molecule has 1 amide bonds. The highest BCUT2D eigenvalue weighted by molar-refractivity contribution is 7.80. The van der Waals surface area contributed by atoms with Gasteiger partial charge in [0.2, 0.25) is 0 Å². The molecule has 2 saturated heterocycles. The Balaban J connectivity index is 1.71. The van der Waals surface area contributed by atoms with Gasteiger partial charge in [-0.1, -0.05) is 0 Å². The Morgan fingerprint density at radius 1 is 1.30 bits per heavy atom. The Morgan fingerprint density at radius 3 is 2.87 bits per heavy atom.